The van der Waals surface area contributed by atoms with E-state index in [0.29, 0.717) is 5.92 Å². The molecule has 1 aromatic rings. The minimum Gasteiger partial charge on any atom is -0.379 e. The fourth-order valence-corrected chi connectivity index (χ4v) is 4.31. The molecule has 1 aromatic heterocycles. The van der Waals surface area contributed by atoms with Gasteiger partial charge in [0.25, 0.3) is 0 Å². The van der Waals surface area contributed by atoms with Gasteiger partial charge in [-0.1, -0.05) is 6.92 Å². The van der Waals surface area contributed by atoms with Gasteiger partial charge in [0.2, 0.25) is 0 Å². The molecule has 2 fully saturated rings. The predicted molar refractivity (Wildman–Crippen MR) is 98.5 cm³/mol. The van der Waals surface area contributed by atoms with Crippen LogP contribution in [0.4, 0.5) is 0 Å². The average Bonchev–Trinajstić information content (AvgIpc) is 2.97. The molecule has 0 spiro atoms. The van der Waals surface area contributed by atoms with Crippen LogP contribution < -0.4 is 0 Å². The predicted octanol–water partition coefficient (Wildman–Crippen LogP) is 1.58. The lowest BCUT2D eigenvalue weighted by Crippen LogP contribution is -2.37. The number of rotatable bonds is 7. The van der Waals surface area contributed by atoms with E-state index in [-0.39, 0.29) is 0 Å². The van der Waals surface area contributed by atoms with Gasteiger partial charge in [-0.2, -0.15) is 11.8 Å². The maximum atomic E-state index is 5.43. The van der Waals surface area contributed by atoms with Crippen molar-refractivity contribution >= 4 is 11.8 Å². The normalized spacial score (nSPS) is 23.7. The maximum Gasteiger partial charge on any atom is 0.146 e. The molecule has 0 saturated carbocycles. The SMILES string of the molecule is CCSCCN1CCC[C@@H](c2nnc(CN3CCOCC3)n2C)C1. The van der Waals surface area contributed by atoms with Crippen LogP contribution in [0.5, 0.6) is 0 Å². The van der Waals surface area contributed by atoms with Crippen LogP contribution in [-0.4, -0.2) is 82.0 Å². The number of hydrogen-bond donors (Lipinski definition) is 0. The van der Waals surface area contributed by atoms with E-state index in [2.05, 4.69) is 38.5 Å². The van der Waals surface area contributed by atoms with Crippen molar-refractivity contribution in [2.45, 2.75) is 32.2 Å². The number of aromatic nitrogens is 3. The first-order valence-electron chi connectivity index (χ1n) is 9.26. The zero-order valence-electron chi connectivity index (χ0n) is 15.1. The van der Waals surface area contributed by atoms with Crippen LogP contribution in [0.25, 0.3) is 0 Å². The summed E-state index contributed by atoms with van der Waals surface area (Å²) in [6.07, 6.45) is 2.51. The molecule has 2 aliphatic heterocycles. The van der Waals surface area contributed by atoms with Crippen LogP contribution in [0.1, 0.15) is 37.3 Å². The molecule has 1 atom stereocenters. The van der Waals surface area contributed by atoms with E-state index in [0.717, 1.165) is 45.2 Å². The molecule has 3 rings (SSSR count). The molecule has 24 heavy (non-hydrogen) atoms. The van der Waals surface area contributed by atoms with Gasteiger partial charge in [0.15, 0.2) is 0 Å². The van der Waals surface area contributed by atoms with Gasteiger partial charge in [0, 0.05) is 44.9 Å². The monoisotopic (exact) mass is 353 g/mol. The highest BCUT2D eigenvalue weighted by Gasteiger charge is 2.26. The first-order chi connectivity index (χ1) is 11.8. The second-order valence-corrected chi connectivity index (χ2v) is 8.15. The highest BCUT2D eigenvalue weighted by Crippen LogP contribution is 2.26. The summed E-state index contributed by atoms with van der Waals surface area (Å²) in [6, 6.07) is 0. The molecule has 2 saturated heterocycles. The zero-order valence-corrected chi connectivity index (χ0v) is 15.9. The lowest BCUT2D eigenvalue weighted by molar-refractivity contribution is 0.0326. The number of likely N-dealkylation sites (tertiary alicyclic amines) is 1. The Labute approximate surface area is 149 Å². The average molecular weight is 354 g/mol. The topological polar surface area (TPSA) is 46.4 Å². The van der Waals surface area contributed by atoms with Crippen LogP contribution in [0.2, 0.25) is 0 Å². The minimum absolute atomic E-state index is 0.529. The fraction of sp³-hybridized carbons (Fsp3) is 0.882. The number of thioether (sulfide) groups is 1. The zero-order chi connectivity index (χ0) is 16.8. The molecule has 3 heterocycles. The van der Waals surface area contributed by atoms with E-state index in [1.54, 1.807) is 0 Å². The summed E-state index contributed by atoms with van der Waals surface area (Å²) in [4.78, 5) is 5.01. The third-order valence-corrected chi connectivity index (χ3v) is 5.97. The van der Waals surface area contributed by atoms with Gasteiger partial charge in [-0.3, -0.25) is 4.90 Å². The highest BCUT2D eigenvalue weighted by molar-refractivity contribution is 7.99. The number of ether oxygens (including phenoxy) is 1. The molecular weight excluding hydrogens is 322 g/mol. The Morgan fingerprint density at radius 3 is 2.79 bits per heavy atom. The summed E-state index contributed by atoms with van der Waals surface area (Å²) in [6.45, 7) is 10.3. The van der Waals surface area contributed by atoms with Gasteiger partial charge in [0.1, 0.15) is 11.6 Å². The summed E-state index contributed by atoms with van der Waals surface area (Å²) < 4.78 is 7.67. The molecule has 6 nitrogen and oxygen atoms in total. The van der Waals surface area contributed by atoms with E-state index >= 15 is 0 Å². The van der Waals surface area contributed by atoms with E-state index in [1.165, 1.54) is 43.3 Å². The number of morpholine rings is 1. The molecule has 0 aromatic carbocycles. The van der Waals surface area contributed by atoms with Crippen molar-refractivity contribution in [3.8, 4) is 0 Å². The molecule has 136 valence electrons. The van der Waals surface area contributed by atoms with E-state index in [1.807, 2.05) is 11.8 Å². The van der Waals surface area contributed by atoms with Gasteiger partial charge in [-0.25, -0.2) is 0 Å². The molecule has 0 bridgehead atoms. The van der Waals surface area contributed by atoms with Crippen molar-refractivity contribution in [2.75, 3.05) is 57.4 Å². The number of nitrogens with zero attached hydrogens (tertiary/aromatic N) is 5. The second kappa shape index (κ2) is 9.17. The molecule has 7 heteroatoms. The van der Waals surface area contributed by atoms with Gasteiger partial charge < -0.3 is 14.2 Å². The second-order valence-electron chi connectivity index (χ2n) is 6.76. The Hall–Kier alpha value is -0.630. The quantitative estimate of drug-likeness (QED) is 0.694. The summed E-state index contributed by atoms with van der Waals surface area (Å²) in [7, 11) is 2.14. The minimum atomic E-state index is 0.529. The van der Waals surface area contributed by atoms with E-state index in [9.17, 15) is 0 Å². The Balaban J connectivity index is 1.57. The third-order valence-electron chi connectivity index (χ3n) is 5.09. The van der Waals surface area contributed by atoms with E-state index in [4.69, 9.17) is 4.74 Å². The first kappa shape index (κ1) is 18.2. The smallest absolute Gasteiger partial charge is 0.146 e. The van der Waals surface area contributed by atoms with Gasteiger partial charge in [0.05, 0.1) is 19.8 Å². The van der Waals surface area contributed by atoms with Crippen LogP contribution >= 0.6 is 11.8 Å². The van der Waals surface area contributed by atoms with Crippen LogP contribution in [-0.2, 0) is 18.3 Å². The fourth-order valence-electron chi connectivity index (χ4n) is 3.64. The molecule has 0 unspecified atom stereocenters. The maximum absolute atomic E-state index is 5.43. The Bertz CT molecular complexity index is 503. The lowest BCUT2D eigenvalue weighted by Gasteiger charge is -2.32. The van der Waals surface area contributed by atoms with Crippen molar-refractivity contribution in [3.05, 3.63) is 11.6 Å². The van der Waals surface area contributed by atoms with Crippen molar-refractivity contribution < 1.29 is 4.74 Å². The van der Waals surface area contributed by atoms with Gasteiger partial charge in [-0.05, 0) is 25.1 Å². The van der Waals surface area contributed by atoms with Crippen LogP contribution in [0.15, 0.2) is 0 Å². The van der Waals surface area contributed by atoms with Crippen molar-refractivity contribution in [2.24, 2.45) is 7.05 Å². The van der Waals surface area contributed by atoms with Crippen molar-refractivity contribution in [1.82, 2.24) is 24.6 Å². The highest BCUT2D eigenvalue weighted by atomic mass is 32.2. The van der Waals surface area contributed by atoms with E-state index < -0.39 is 0 Å². The standard InChI is InChI=1S/C17H31N5OS/c1-3-24-12-9-21-6-4-5-15(13-21)17-19-18-16(20(17)2)14-22-7-10-23-11-8-22/h15H,3-14H2,1-2H3/t15-/m1/s1. The van der Waals surface area contributed by atoms with Crippen molar-refractivity contribution in [3.63, 3.8) is 0 Å². The van der Waals surface area contributed by atoms with Crippen molar-refractivity contribution in [1.29, 1.82) is 0 Å². The summed E-state index contributed by atoms with van der Waals surface area (Å²) in [5, 5.41) is 9.05. The van der Waals surface area contributed by atoms with Crippen LogP contribution in [0.3, 0.4) is 0 Å². The molecule has 0 amide bonds. The van der Waals surface area contributed by atoms with Crippen LogP contribution in [0, 0.1) is 0 Å². The number of hydrogen-bond acceptors (Lipinski definition) is 6. The lowest BCUT2D eigenvalue weighted by atomic mass is 9.97. The number of piperidine rings is 1. The third kappa shape index (κ3) is 4.71. The summed E-state index contributed by atoms with van der Waals surface area (Å²) in [5.41, 5.74) is 0. The molecule has 0 radical (unpaired) electrons. The molecule has 0 aliphatic carbocycles. The van der Waals surface area contributed by atoms with Gasteiger partial charge >= 0.3 is 0 Å². The summed E-state index contributed by atoms with van der Waals surface area (Å²) in [5.74, 6) is 5.24. The Morgan fingerprint density at radius 1 is 1.17 bits per heavy atom. The molecule has 2 aliphatic rings. The first-order valence-corrected chi connectivity index (χ1v) is 10.4. The molecular formula is C17H31N5OS. The Kier molecular flexibility index (Phi) is 6.95. The Morgan fingerprint density at radius 2 is 2.00 bits per heavy atom. The van der Waals surface area contributed by atoms with Gasteiger partial charge in [-0.15, -0.1) is 10.2 Å². The summed E-state index contributed by atoms with van der Waals surface area (Å²) >= 11 is 2.03. The molecule has 0 N–H and O–H groups in total. The largest absolute Gasteiger partial charge is 0.379 e.